The minimum absolute atomic E-state index is 0.216. The maximum absolute atomic E-state index is 12.7. The average Bonchev–Trinajstić information content (AvgIpc) is 3.08. The van der Waals surface area contributed by atoms with E-state index in [9.17, 15) is 14.4 Å². The van der Waals surface area contributed by atoms with Gasteiger partial charge in [-0.25, -0.2) is 24.4 Å². The third-order valence-corrected chi connectivity index (χ3v) is 7.45. The number of nitrogens with zero attached hydrogens (tertiary/aromatic N) is 2. The molecule has 0 fully saturated rings. The van der Waals surface area contributed by atoms with Crippen LogP contribution >= 0.6 is 0 Å². The zero-order valence-corrected chi connectivity index (χ0v) is 27.5. The zero-order chi connectivity index (χ0) is 33.0. The van der Waals surface area contributed by atoms with Gasteiger partial charge in [-0.15, -0.1) is 0 Å². The van der Waals surface area contributed by atoms with Gasteiger partial charge in [0.15, 0.2) is 6.10 Å². The van der Waals surface area contributed by atoms with Gasteiger partial charge in [-0.2, -0.15) is 0 Å². The standard InChI is InChI=1S/C37H48N2O7/c1-4-6-8-9-10-11-12-13-14-15-25-43-34-27-38-33(26-39-34)29-16-18-30(19-17-29)37(42)46-32-22-20-31(21-23-32)36(41)45-28(3)35(40)44-24-7-5-2/h16-23,26-28H,4-15,24-25H2,1-3H3. The zero-order valence-electron chi connectivity index (χ0n) is 27.5. The predicted molar refractivity (Wildman–Crippen MR) is 177 cm³/mol. The number of carbonyl (C=O) groups excluding carboxylic acids is 3. The second-order valence-corrected chi connectivity index (χ2v) is 11.3. The van der Waals surface area contributed by atoms with Gasteiger partial charge in [0.2, 0.25) is 5.88 Å². The SMILES string of the molecule is CCCCCCCCCCCCOc1cnc(-c2ccc(C(=O)Oc3ccc(C(=O)OC(C)C(=O)OCCCC)cc3)cc2)cn1. The molecule has 0 amide bonds. The number of aromatic nitrogens is 2. The van der Waals surface area contributed by atoms with Crippen molar-refractivity contribution in [1.29, 1.82) is 0 Å². The van der Waals surface area contributed by atoms with Crippen molar-refractivity contribution < 1.29 is 33.3 Å². The number of esters is 3. The van der Waals surface area contributed by atoms with E-state index in [2.05, 4.69) is 16.9 Å². The number of hydrogen-bond acceptors (Lipinski definition) is 9. The molecule has 0 aliphatic heterocycles. The van der Waals surface area contributed by atoms with E-state index in [1.54, 1.807) is 36.7 Å². The summed E-state index contributed by atoms with van der Waals surface area (Å²) in [7, 11) is 0. The Kier molecular flexibility index (Phi) is 16.3. The number of rotatable bonds is 21. The molecule has 0 N–H and O–H groups in total. The lowest BCUT2D eigenvalue weighted by molar-refractivity contribution is -0.153. The van der Waals surface area contributed by atoms with E-state index >= 15 is 0 Å². The molecule has 1 heterocycles. The predicted octanol–water partition coefficient (Wildman–Crippen LogP) is 8.55. The molecule has 9 heteroatoms. The summed E-state index contributed by atoms with van der Waals surface area (Å²) in [6.07, 6.45) is 16.6. The van der Waals surface area contributed by atoms with E-state index in [0.717, 1.165) is 31.2 Å². The third kappa shape index (κ3) is 13.0. The molecular weight excluding hydrogens is 584 g/mol. The van der Waals surface area contributed by atoms with E-state index in [4.69, 9.17) is 18.9 Å². The largest absolute Gasteiger partial charge is 0.477 e. The molecule has 0 aliphatic rings. The van der Waals surface area contributed by atoms with Crippen molar-refractivity contribution in [3.63, 3.8) is 0 Å². The number of hydrogen-bond donors (Lipinski definition) is 0. The fourth-order valence-corrected chi connectivity index (χ4v) is 4.62. The van der Waals surface area contributed by atoms with Crippen molar-refractivity contribution in [2.75, 3.05) is 13.2 Å². The Labute approximate surface area is 273 Å². The molecule has 2 aromatic carbocycles. The molecule has 0 saturated heterocycles. The quantitative estimate of drug-likeness (QED) is 0.0647. The lowest BCUT2D eigenvalue weighted by atomic mass is 10.1. The molecule has 248 valence electrons. The highest BCUT2D eigenvalue weighted by molar-refractivity contribution is 5.93. The fraction of sp³-hybridized carbons (Fsp3) is 0.486. The lowest BCUT2D eigenvalue weighted by Crippen LogP contribution is -2.26. The third-order valence-electron chi connectivity index (χ3n) is 7.45. The van der Waals surface area contributed by atoms with E-state index in [-0.39, 0.29) is 17.9 Å². The van der Waals surface area contributed by atoms with Crippen LogP contribution in [0.25, 0.3) is 11.3 Å². The topological polar surface area (TPSA) is 114 Å². The van der Waals surface area contributed by atoms with Gasteiger partial charge in [-0.05, 0) is 56.2 Å². The van der Waals surface area contributed by atoms with E-state index in [0.29, 0.717) is 23.7 Å². The maximum Gasteiger partial charge on any atom is 0.347 e. The first-order valence-corrected chi connectivity index (χ1v) is 16.7. The van der Waals surface area contributed by atoms with Crippen LogP contribution in [0.15, 0.2) is 60.9 Å². The van der Waals surface area contributed by atoms with Crippen LogP contribution in [0.2, 0.25) is 0 Å². The molecule has 46 heavy (non-hydrogen) atoms. The van der Waals surface area contributed by atoms with E-state index in [1.807, 2.05) is 6.92 Å². The molecule has 3 rings (SSSR count). The summed E-state index contributed by atoms with van der Waals surface area (Å²) >= 11 is 0. The molecule has 0 spiro atoms. The molecule has 1 atom stereocenters. The van der Waals surface area contributed by atoms with Crippen molar-refractivity contribution >= 4 is 17.9 Å². The van der Waals surface area contributed by atoms with Gasteiger partial charge >= 0.3 is 17.9 Å². The van der Waals surface area contributed by atoms with Crippen molar-refractivity contribution in [1.82, 2.24) is 9.97 Å². The van der Waals surface area contributed by atoms with Gasteiger partial charge in [0, 0.05) is 5.56 Å². The summed E-state index contributed by atoms with van der Waals surface area (Å²) in [5.41, 5.74) is 2.04. The fourth-order valence-electron chi connectivity index (χ4n) is 4.62. The Morgan fingerprint density at radius 2 is 1.24 bits per heavy atom. The van der Waals surface area contributed by atoms with E-state index < -0.39 is 24.0 Å². The van der Waals surface area contributed by atoms with Gasteiger partial charge in [-0.1, -0.05) is 90.2 Å². The summed E-state index contributed by atoms with van der Waals surface area (Å²) in [6.45, 7) is 6.61. The van der Waals surface area contributed by atoms with Gasteiger partial charge in [0.1, 0.15) is 5.75 Å². The van der Waals surface area contributed by atoms with Crippen LogP contribution in [0.5, 0.6) is 11.6 Å². The van der Waals surface area contributed by atoms with Crippen LogP contribution in [0.3, 0.4) is 0 Å². The molecule has 0 saturated carbocycles. The molecule has 1 aromatic heterocycles. The second kappa shape index (κ2) is 20.7. The van der Waals surface area contributed by atoms with Gasteiger partial charge < -0.3 is 18.9 Å². The number of carbonyl (C=O) groups is 3. The van der Waals surface area contributed by atoms with Crippen molar-refractivity contribution in [3.05, 3.63) is 72.1 Å². The summed E-state index contributed by atoms with van der Waals surface area (Å²) in [5.74, 6) is -1.06. The normalized spacial score (nSPS) is 11.5. The highest BCUT2D eigenvalue weighted by atomic mass is 16.6. The van der Waals surface area contributed by atoms with Crippen molar-refractivity contribution in [2.45, 2.75) is 104 Å². The van der Waals surface area contributed by atoms with Crippen LogP contribution in [-0.2, 0) is 14.3 Å². The highest BCUT2D eigenvalue weighted by Gasteiger charge is 2.20. The van der Waals surface area contributed by atoms with Crippen molar-refractivity contribution in [3.8, 4) is 22.9 Å². The van der Waals surface area contributed by atoms with Crippen LogP contribution in [0.1, 0.15) is 119 Å². The van der Waals surface area contributed by atoms with Crippen LogP contribution in [0, 0.1) is 0 Å². The Morgan fingerprint density at radius 1 is 0.652 bits per heavy atom. The Hall–Kier alpha value is -4.27. The lowest BCUT2D eigenvalue weighted by Gasteiger charge is -2.13. The van der Waals surface area contributed by atoms with Gasteiger partial charge in [0.05, 0.1) is 42.4 Å². The van der Waals surface area contributed by atoms with Gasteiger partial charge in [-0.3, -0.25) is 0 Å². The first-order chi connectivity index (χ1) is 22.4. The molecule has 0 aliphatic carbocycles. The van der Waals surface area contributed by atoms with E-state index in [1.165, 1.54) is 82.6 Å². The highest BCUT2D eigenvalue weighted by Crippen LogP contribution is 2.20. The monoisotopic (exact) mass is 632 g/mol. The molecular formula is C37H48N2O7. The van der Waals surface area contributed by atoms with Crippen LogP contribution in [-0.4, -0.2) is 47.2 Å². The summed E-state index contributed by atoms with van der Waals surface area (Å²) in [6, 6.07) is 12.8. The minimum atomic E-state index is -1.03. The second-order valence-electron chi connectivity index (χ2n) is 11.3. The Morgan fingerprint density at radius 3 is 1.85 bits per heavy atom. The molecule has 1 unspecified atom stereocenters. The first-order valence-electron chi connectivity index (χ1n) is 16.7. The molecule has 3 aromatic rings. The molecule has 9 nitrogen and oxygen atoms in total. The summed E-state index contributed by atoms with van der Waals surface area (Å²) in [5, 5.41) is 0. The Bertz CT molecular complexity index is 1330. The summed E-state index contributed by atoms with van der Waals surface area (Å²) < 4.78 is 21.5. The molecule has 0 radical (unpaired) electrons. The number of ether oxygens (including phenoxy) is 4. The number of unbranched alkanes of at least 4 members (excludes halogenated alkanes) is 10. The average molecular weight is 633 g/mol. The maximum atomic E-state index is 12.7. The first kappa shape index (κ1) is 36.2. The smallest absolute Gasteiger partial charge is 0.347 e. The number of benzene rings is 2. The van der Waals surface area contributed by atoms with Gasteiger partial charge in [0.25, 0.3) is 0 Å². The van der Waals surface area contributed by atoms with Crippen molar-refractivity contribution in [2.24, 2.45) is 0 Å². The minimum Gasteiger partial charge on any atom is -0.477 e. The van der Waals surface area contributed by atoms with Crippen LogP contribution < -0.4 is 9.47 Å². The Balaban J connectivity index is 1.38. The van der Waals surface area contributed by atoms with Crippen LogP contribution in [0.4, 0.5) is 0 Å². The summed E-state index contributed by atoms with van der Waals surface area (Å²) in [4.78, 5) is 45.9. The molecule has 0 bridgehead atoms.